The summed E-state index contributed by atoms with van der Waals surface area (Å²) in [7, 11) is 2.06. The van der Waals surface area contributed by atoms with Crippen LogP contribution >= 0.6 is 0 Å². The Morgan fingerprint density at radius 2 is 1.91 bits per heavy atom. The number of hydrogen-bond donors (Lipinski definition) is 3. The minimum atomic E-state index is -0.498. The fraction of sp³-hybridized carbons (Fsp3) is 0.529. The van der Waals surface area contributed by atoms with Crippen LogP contribution < -0.4 is 15.4 Å². The maximum Gasteiger partial charge on any atom is 0.323 e. The first-order chi connectivity index (χ1) is 22.0. The molecule has 1 aliphatic rings. The Hall–Kier alpha value is -4.00. The van der Waals surface area contributed by atoms with Crippen LogP contribution in [0.2, 0.25) is 0 Å². The number of nitrogens with one attached hydrogen (secondary N) is 2. The largest absolute Gasteiger partial charge is 0.490 e. The van der Waals surface area contributed by atoms with Gasteiger partial charge in [0, 0.05) is 50.2 Å². The number of anilines is 2. The Morgan fingerprint density at radius 1 is 1.15 bits per heavy atom. The number of aliphatic hydroxyl groups is 1. The first-order valence-electron chi connectivity index (χ1n) is 16.0. The van der Waals surface area contributed by atoms with Crippen molar-refractivity contribution >= 4 is 23.3 Å². The Kier molecular flexibility index (Phi) is 12.5. The molecule has 4 rings (SSSR count). The van der Waals surface area contributed by atoms with Crippen LogP contribution in [0.4, 0.5) is 16.2 Å². The third-order valence-corrected chi connectivity index (χ3v) is 8.27. The van der Waals surface area contributed by atoms with E-state index in [9.17, 15) is 14.7 Å². The number of fused-ring (bicyclic) bond motifs is 1. The molecule has 0 spiro atoms. The maximum atomic E-state index is 14.3. The molecule has 4 atom stereocenters. The maximum absolute atomic E-state index is 14.3. The number of ether oxygens (including phenoxy) is 2. The van der Waals surface area contributed by atoms with Gasteiger partial charge in [-0.1, -0.05) is 12.1 Å². The number of benzene rings is 1. The van der Waals surface area contributed by atoms with Gasteiger partial charge < -0.3 is 34.6 Å². The fourth-order valence-corrected chi connectivity index (χ4v) is 5.57. The van der Waals surface area contributed by atoms with Crippen LogP contribution in [-0.4, -0.2) is 88.6 Å². The first kappa shape index (κ1) is 34.9. The van der Waals surface area contributed by atoms with E-state index in [1.807, 2.05) is 26.0 Å². The van der Waals surface area contributed by atoms with E-state index in [1.54, 1.807) is 49.3 Å². The second-order valence-electron chi connectivity index (χ2n) is 12.3. The highest BCUT2D eigenvalue weighted by Crippen LogP contribution is 2.29. The molecule has 0 saturated carbocycles. The predicted octanol–water partition coefficient (Wildman–Crippen LogP) is 5.26. The zero-order chi connectivity index (χ0) is 33.2. The third-order valence-electron chi connectivity index (χ3n) is 8.27. The van der Waals surface area contributed by atoms with Gasteiger partial charge in [-0.2, -0.15) is 0 Å². The van der Waals surface area contributed by atoms with Crippen molar-refractivity contribution in [2.45, 2.75) is 78.7 Å². The van der Waals surface area contributed by atoms with Gasteiger partial charge in [-0.15, -0.1) is 0 Å². The van der Waals surface area contributed by atoms with Crippen LogP contribution in [0.3, 0.4) is 0 Å². The standard InChI is InChI=1S/C34H48N6O6/c1-22-18-40(23(2)21-41)33(42)29-17-28(36-34(43)37-32-25(4)38-46-26(32)5)10-11-30(29)45-24(3)9-7-8-16-44-31(22)20-39(6)19-27-12-14-35-15-13-27/h10-15,17,22-24,31,41H,7-9,16,18-21H2,1-6H3,(H2,36,37,43)/t22-,23-,24-,31+/m0/s1. The van der Waals surface area contributed by atoms with Crippen LogP contribution in [0.15, 0.2) is 47.2 Å². The van der Waals surface area contributed by atoms with E-state index in [1.165, 1.54) is 0 Å². The van der Waals surface area contributed by atoms with E-state index in [0.717, 1.165) is 31.4 Å². The van der Waals surface area contributed by atoms with Gasteiger partial charge in [0.1, 0.15) is 17.1 Å². The van der Waals surface area contributed by atoms with Gasteiger partial charge in [0.05, 0.1) is 30.4 Å². The van der Waals surface area contributed by atoms with Crippen molar-refractivity contribution in [2.24, 2.45) is 5.92 Å². The molecule has 3 N–H and O–H groups in total. The van der Waals surface area contributed by atoms with Crippen molar-refractivity contribution < 1.29 is 28.7 Å². The molecule has 46 heavy (non-hydrogen) atoms. The molecule has 0 saturated heterocycles. The van der Waals surface area contributed by atoms with Gasteiger partial charge in [-0.05, 0) is 89.9 Å². The molecule has 12 nitrogen and oxygen atoms in total. The van der Waals surface area contributed by atoms with Crippen molar-refractivity contribution in [1.82, 2.24) is 19.9 Å². The summed E-state index contributed by atoms with van der Waals surface area (Å²) >= 11 is 0. The summed E-state index contributed by atoms with van der Waals surface area (Å²) in [5, 5.41) is 19.7. The second kappa shape index (κ2) is 16.5. The molecule has 0 bridgehead atoms. The van der Waals surface area contributed by atoms with Crippen molar-refractivity contribution in [2.75, 3.05) is 44.0 Å². The zero-order valence-electron chi connectivity index (χ0n) is 27.8. The van der Waals surface area contributed by atoms with Crippen molar-refractivity contribution in [3.8, 4) is 5.75 Å². The molecule has 0 radical (unpaired) electrons. The molecule has 3 amide bonds. The lowest BCUT2D eigenvalue weighted by Crippen LogP contribution is -2.47. The molecule has 250 valence electrons. The molecule has 12 heteroatoms. The zero-order valence-corrected chi connectivity index (χ0v) is 27.8. The number of rotatable bonds is 8. The lowest BCUT2D eigenvalue weighted by molar-refractivity contribution is -0.0177. The first-order valence-corrected chi connectivity index (χ1v) is 16.0. The van der Waals surface area contributed by atoms with E-state index in [0.29, 0.717) is 53.8 Å². The van der Waals surface area contributed by atoms with E-state index in [4.69, 9.17) is 14.0 Å². The van der Waals surface area contributed by atoms with E-state index >= 15 is 0 Å². The van der Waals surface area contributed by atoms with Crippen LogP contribution in [-0.2, 0) is 11.3 Å². The number of urea groups is 1. The monoisotopic (exact) mass is 636 g/mol. The Labute approximate surface area is 271 Å². The summed E-state index contributed by atoms with van der Waals surface area (Å²) in [4.78, 5) is 35.2. The van der Waals surface area contributed by atoms with Gasteiger partial charge in [-0.25, -0.2) is 4.79 Å². The lowest BCUT2D eigenvalue weighted by Gasteiger charge is -2.36. The van der Waals surface area contributed by atoms with Gasteiger partial charge in [0.25, 0.3) is 5.91 Å². The molecule has 1 aromatic carbocycles. The topological polar surface area (TPSA) is 142 Å². The summed E-state index contributed by atoms with van der Waals surface area (Å²) in [5.41, 5.74) is 2.93. The molecule has 0 aliphatic carbocycles. The number of aliphatic hydroxyl groups excluding tert-OH is 1. The molecule has 0 fully saturated rings. The van der Waals surface area contributed by atoms with Crippen molar-refractivity contribution in [3.05, 3.63) is 65.3 Å². The second-order valence-corrected chi connectivity index (χ2v) is 12.3. The SMILES string of the molecule is Cc1noc(C)c1NC(=O)Nc1ccc2c(c1)C(=O)N([C@@H](C)CO)C[C@H](C)[C@@H](CN(C)Cc1ccncc1)OCCCC[C@H](C)O2. The lowest BCUT2D eigenvalue weighted by atomic mass is 10.0. The highest BCUT2D eigenvalue weighted by molar-refractivity contribution is 6.03. The summed E-state index contributed by atoms with van der Waals surface area (Å²) in [5.74, 6) is 0.569. The predicted molar refractivity (Wildman–Crippen MR) is 176 cm³/mol. The summed E-state index contributed by atoms with van der Waals surface area (Å²) in [6, 6.07) is 8.08. The van der Waals surface area contributed by atoms with Gasteiger partial charge in [0.15, 0.2) is 5.76 Å². The Balaban J connectivity index is 1.60. The highest BCUT2D eigenvalue weighted by atomic mass is 16.5. The van der Waals surface area contributed by atoms with Crippen molar-refractivity contribution in [3.63, 3.8) is 0 Å². The molecule has 0 unspecified atom stereocenters. The van der Waals surface area contributed by atoms with Crippen LogP contribution in [0, 0.1) is 19.8 Å². The van der Waals surface area contributed by atoms with Gasteiger partial charge in [-0.3, -0.25) is 14.7 Å². The molecule has 1 aliphatic heterocycles. The molecular formula is C34H48N6O6. The molecule has 2 aromatic heterocycles. The van der Waals surface area contributed by atoms with Crippen LogP contribution in [0.5, 0.6) is 5.75 Å². The highest BCUT2D eigenvalue weighted by Gasteiger charge is 2.30. The number of hydrogen-bond acceptors (Lipinski definition) is 9. The number of amides is 3. The van der Waals surface area contributed by atoms with E-state index in [2.05, 4.69) is 39.6 Å². The molecule has 3 aromatic rings. The number of aryl methyl sites for hydroxylation is 2. The number of carbonyl (C=O) groups excluding carboxylic acids is 2. The Morgan fingerprint density at radius 3 is 2.61 bits per heavy atom. The number of aromatic nitrogens is 2. The Bertz CT molecular complexity index is 1410. The average Bonchev–Trinajstić information content (AvgIpc) is 3.34. The quantitative estimate of drug-likeness (QED) is 0.302. The smallest absolute Gasteiger partial charge is 0.323 e. The van der Waals surface area contributed by atoms with Gasteiger partial charge >= 0.3 is 6.03 Å². The summed E-state index contributed by atoms with van der Waals surface area (Å²) < 4.78 is 17.9. The van der Waals surface area contributed by atoms with Gasteiger partial charge in [0.2, 0.25) is 0 Å². The minimum Gasteiger partial charge on any atom is -0.490 e. The van der Waals surface area contributed by atoms with E-state index in [-0.39, 0.29) is 30.6 Å². The third kappa shape index (κ3) is 9.51. The van der Waals surface area contributed by atoms with E-state index < -0.39 is 12.1 Å². The molecule has 3 heterocycles. The number of nitrogens with zero attached hydrogens (tertiary/aromatic N) is 4. The van der Waals surface area contributed by atoms with Crippen LogP contribution in [0.25, 0.3) is 0 Å². The summed E-state index contributed by atoms with van der Waals surface area (Å²) in [6.45, 7) is 11.5. The average molecular weight is 637 g/mol. The molecular weight excluding hydrogens is 588 g/mol. The minimum absolute atomic E-state index is 0.0498. The number of likely N-dealkylation sites (N-methyl/N-ethyl adjacent to an activating group) is 1. The summed E-state index contributed by atoms with van der Waals surface area (Å²) in [6.07, 6.45) is 5.86. The fourth-order valence-electron chi connectivity index (χ4n) is 5.57. The number of carbonyl (C=O) groups is 2. The number of pyridine rings is 1. The van der Waals surface area contributed by atoms with Crippen molar-refractivity contribution in [1.29, 1.82) is 0 Å². The normalized spacial score (nSPS) is 20.4. The van der Waals surface area contributed by atoms with Crippen LogP contribution in [0.1, 0.15) is 67.4 Å².